The fourth-order valence-corrected chi connectivity index (χ4v) is 3.95. The van der Waals surface area contributed by atoms with Crippen LogP contribution in [0.25, 0.3) is 10.9 Å². The molecule has 156 valence electrons. The molecule has 3 aromatic rings. The number of aromatic nitrogens is 1. The third-order valence-electron chi connectivity index (χ3n) is 5.41. The summed E-state index contributed by atoms with van der Waals surface area (Å²) in [5.74, 6) is -0.368. The Morgan fingerprint density at radius 3 is 2.70 bits per heavy atom. The predicted octanol–water partition coefficient (Wildman–Crippen LogP) is 3.50. The normalized spacial score (nSPS) is 16.8. The molecule has 1 unspecified atom stereocenters. The number of anilines is 1. The third-order valence-corrected chi connectivity index (χ3v) is 5.41. The average Bonchev–Trinajstić information content (AvgIpc) is 3.21. The number of para-hydroxylation sites is 2. The van der Waals surface area contributed by atoms with Crippen LogP contribution in [0.2, 0.25) is 0 Å². The molecule has 1 aliphatic heterocycles. The molecule has 0 saturated carbocycles. The molecule has 2 N–H and O–H groups in total. The maximum Gasteiger partial charge on any atom is 0.191 e. The van der Waals surface area contributed by atoms with Crippen molar-refractivity contribution in [3.8, 4) is 0 Å². The monoisotopic (exact) mass is 409 g/mol. The quantitative estimate of drug-likeness (QED) is 0.500. The van der Waals surface area contributed by atoms with Crippen LogP contribution in [-0.2, 0) is 6.42 Å². The largest absolute Gasteiger partial charge is 0.365 e. The minimum atomic E-state index is -0.526. The van der Waals surface area contributed by atoms with E-state index >= 15 is 0 Å². The van der Waals surface area contributed by atoms with Gasteiger partial charge in [-0.05, 0) is 36.6 Å². The molecule has 0 aliphatic carbocycles. The first-order valence-corrected chi connectivity index (χ1v) is 10.1. The van der Waals surface area contributed by atoms with Crippen LogP contribution < -0.4 is 15.5 Å². The molecule has 1 saturated heterocycles. The number of nitrogens with zero attached hydrogens (tertiary/aromatic N) is 3. The first-order chi connectivity index (χ1) is 14.7. The molecule has 7 heteroatoms. The Morgan fingerprint density at radius 1 is 1.13 bits per heavy atom. The Hall–Kier alpha value is -3.22. The lowest BCUT2D eigenvalue weighted by molar-refractivity contribution is 0.576. The van der Waals surface area contributed by atoms with Crippen LogP contribution in [0.3, 0.4) is 0 Å². The highest BCUT2D eigenvalue weighted by Gasteiger charge is 2.27. The first kappa shape index (κ1) is 20.1. The summed E-state index contributed by atoms with van der Waals surface area (Å²) in [6.45, 7) is 1.81. The van der Waals surface area contributed by atoms with Crippen LogP contribution in [0.4, 0.5) is 14.5 Å². The zero-order valence-corrected chi connectivity index (χ0v) is 16.9. The summed E-state index contributed by atoms with van der Waals surface area (Å²) < 4.78 is 28.1. The van der Waals surface area contributed by atoms with Gasteiger partial charge in [0.15, 0.2) is 5.96 Å². The van der Waals surface area contributed by atoms with Crippen molar-refractivity contribution in [3.05, 3.63) is 71.9 Å². The van der Waals surface area contributed by atoms with Crippen molar-refractivity contribution >= 4 is 22.5 Å². The molecule has 0 spiro atoms. The Kier molecular flexibility index (Phi) is 6.07. The Balaban J connectivity index is 1.32. The van der Waals surface area contributed by atoms with E-state index in [1.807, 2.05) is 18.3 Å². The van der Waals surface area contributed by atoms with Crippen LogP contribution in [0.5, 0.6) is 0 Å². The molecule has 0 radical (unpaired) electrons. The number of pyridine rings is 1. The fraction of sp³-hybridized carbons (Fsp3) is 0.304. The molecule has 30 heavy (non-hydrogen) atoms. The number of hydrogen-bond acceptors (Lipinski definition) is 3. The van der Waals surface area contributed by atoms with Crippen LogP contribution in [-0.4, -0.2) is 43.7 Å². The lowest BCUT2D eigenvalue weighted by Gasteiger charge is -2.21. The molecule has 1 aliphatic rings. The summed E-state index contributed by atoms with van der Waals surface area (Å²) in [6, 6.07) is 14.2. The van der Waals surface area contributed by atoms with E-state index in [0.29, 0.717) is 25.6 Å². The summed E-state index contributed by atoms with van der Waals surface area (Å²) in [6.07, 6.45) is 3.40. The van der Waals surface area contributed by atoms with E-state index in [1.165, 1.54) is 23.8 Å². The van der Waals surface area contributed by atoms with Crippen molar-refractivity contribution in [2.45, 2.75) is 18.9 Å². The molecule has 0 bridgehead atoms. The number of aliphatic imine (C=N–C) groups is 1. The number of fused-ring (bicyclic) bond motifs is 1. The number of benzene rings is 2. The van der Waals surface area contributed by atoms with Crippen LogP contribution in [0.15, 0.2) is 59.7 Å². The fourth-order valence-electron chi connectivity index (χ4n) is 3.95. The van der Waals surface area contributed by atoms with Gasteiger partial charge in [0.05, 0.1) is 5.52 Å². The minimum absolute atomic E-state index is 0.0493. The van der Waals surface area contributed by atoms with Gasteiger partial charge in [0.25, 0.3) is 0 Å². The standard InChI is InChI=1S/C23H25F2N5/c1-26-23(28-13-10-17-6-2-5-16-7-4-12-27-21(16)17)29-18-11-14-30(15-18)22-19(24)8-3-9-20(22)25/h2-9,12,18H,10-11,13-15H2,1H3,(H2,26,28,29). The second-order valence-electron chi connectivity index (χ2n) is 7.39. The van der Waals surface area contributed by atoms with E-state index in [2.05, 4.69) is 38.8 Å². The number of nitrogens with one attached hydrogen (secondary N) is 2. The average molecular weight is 409 g/mol. The molecule has 1 atom stereocenters. The molecule has 0 amide bonds. The number of guanidine groups is 1. The molecule has 5 nitrogen and oxygen atoms in total. The maximum atomic E-state index is 14.1. The first-order valence-electron chi connectivity index (χ1n) is 10.1. The Bertz CT molecular complexity index is 1030. The zero-order valence-electron chi connectivity index (χ0n) is 16.9. The number of rotatable bonds is 5. The molecule has 1 fully saturated rings. The lowest BCUT2D eigenvalue weighted by atomic mass is 10.1. The zero-order chi connectivity index (χ0) is 20.9. The topological polar surface area (TPSA) is 52.6 Å². The maximum absolute atomic E-state index is 14.1. The van der Waals surface area contributed by atoms with Crippen LogP contribution in [0.1, 0.15) is 12.0 Å². The summed E-state index contributed by atoms with van der Waals surface area (Å²) in [5.41, 5.74) is 2.24. The lowest BCUT2D eigenvalue weighted by Crippen LogP contribution is -2.45. The second kappa shape index (κ2) is 9.07. The van der Waals surface area contributed by atoms with Gasteiger partial charge in [-0.15, -0.1) is 0 Å². The number of hydrogen-bond donors (Lipinski definition) is 2. The molecular formula is C23H25F2N5. The van der Waals surface area contributed by atoms with Crippen molar-refractivity contribution in [2.75, 3.05) is 31.6 Å². The van der Waals surface area contributed by atoms with Crippen molar-refractivity contribution in [3.63, 3.8) is 0 Å². The van der Waals surface area contributed by atoms with E-state index in [9.17, 15) is 8.78 Å². The van der Waals surface area contributed by atoms with Gasteiger partial charge in [0.1, 0.15) is 17.3 Å². The van der Waals surface area contributed by atoms with E-state index < -0.39 is 11.6 Å². The van der Waals surface area contributed by atoms with Gasteiger partial charge < -0.3 is 15.5 Å². The van der Waals surface area contributed by atoms with Crippen LogP contribution in [0, 0.1) is 11.6 Å². The molecule has 2 aromatic carbocycles. The van der Waals surface area contributed by atoms with Gasteiger partial charge in [-0.2, -0.15) is 0 Å². The highest BCUT2D eigenvalue weighted by atomic mass is 19.1. The van der Waals surface area contributed by atoms with Gasteiger partial charge in [0, 0.05) is 44.3 Å². The van der Waals surface area contributed by atoms with Crippen molar-refractivity contribution in [1.29, 1.82) is 0 Å². The molecule has 2 heterocycles. The predicted molar refractivity (Wildman–Crippen MR) is 117 cm³/mol. The van der Waals surface area contributed by atoms with Crippen molar-refractivity contribution < 1.29 is 8.78 Å². The molecule has 4 rings (SSSR count). The van der Waals surface area contributed by atoms with Gasteiger partial charge >= 0.3 is 0 Å². The van der Waals surface area contributed by atoms with E-state index in [1.54, 1.807) is 11.9 Å². The second-order valence-corrected chi connectivity index (χ2v) is 7.39. The molecule has 1 aromatic heterocycles. The summed E-state index contributed by atoms with van der Waals surface area (Å²) >= 11 is 0. The third kappa shape index (κ3) is 4.35. The summed E-state index contributed by atoms with van der Waals surface area (Å²) in [7, 11) is 1.72. The van der Waals surface area contributed by atoms with Gasteiger partial charge in [-0.25, -0.2) is 8.78 Å². The van der Waals surface area contributed by atoms with E-state index in [-0.39, 0.29) is 11.7 Å². The summed E-state index contributed by atoms with van der Waals surface area (Å²) in [5, 5.41) is 7.82. The highest BCUT2D eigenvalue weighted by molar-refractivity contribution is 5.82. The van der Waals surface area contributed by atoms with E-state index in [4.69, 9.17) is 0 Å². The Morgan fingerprint density at radius 2 is 1.90 bits per heavy atom. The van der Waals surface area contributed by atoms with Gasteiger partial charge in [0.2, 0.25) is 0 Å². The summed E-state index contributed by atoms with van der Waals surface area (Å²) in [4.78, 5) is 10.5. The smallest absolute Gasteiger partial charge is 0.191 e. The Labute approximate surface area is 174 Å². The number of halogens is 2. The van der Waals surface area contributed by atoms with E-state index in [0.717, 1.165) is 23.7 Å². The minimum Gasteiger partial charge on any atom is -0.365 e. The van der Waals surface area contributed by atoms with Crippen molar-refractivity contribution in [1.82, 2.24) is 15.6 Å². The van der Waals surface area contributed by atoms with Gasteiger partial charge in [-0.3, -0.25) is 9.98 Å². The van der Waals surface area contributed by atoms with Crippen LogP contribution >= 0.6 is 0 Å². The molecular weight excluding hydrogens is 384 g/mol. The SMILES string of the molecule is CN=C(NCCc1cccc2cccnc12)NC1CCN(c2c(F)cccc2F)C1. The highest BCUT2D eigenvalue weighted by Crippen LogP contribution is 2.26. The van der Waals surface area contributed by atoms with Gasteiger partial charge in [-0.1, -0.05) is 30.3 Å². The van der Waals surface area contributed by atoms with Crippen molar-refractivity contribution in [2.24, 2.45) is 4.99 Å².